The standard InChI is InChI=1S/C16H28FN3/c1-5-10-18-16(9-11-20(6-2)13(3)4)15-8-7-14(17)12-19-15/h7-8,12-13,16,18H,5-6,9-11H2,1-4H3. The predicted octanol–water partition coefficient (Wildman–Crippen LogP) is 3.38. The van der Waals surface area contributed by atoms with Gasteiger partial charge in [0.05, 0.1) is 17.9 Å². The number of nitrogens with one attached hydrogen (secondary N) is 1. The zero-order chi connectivity index (χ0) is 15.0. The number of aromatic nitrogens is 1. The lowest BCUT2D eigenvalue weighted by molar-refractivity contribution is 0.219. The molecule has 0 saturated heterocycles. The van der Waals surface area contributed by atoms with Crippen molar-refractivity contribution >= 4 is 0 Å². The van der Waals surface area contributed by atoms with Gasteiger partial charge in [-0.25, -0.2) is 4.39 Å². The van der Waals surface area contributed by atoms with Crippen LogP contribution in [-0.4, -0.2) is 35.6 Å². The summed E-state index contributed by atoms with van der Waals surface area (Å²) in [6.45, 7) is 11.8. The van der Waals surface area contributed by atoms with Crippen LogP contribution in [0.1, 0.15) is 52.3 Å². The fourth-order valence-corrected chi connectivity index (χ4v) is 2.34. The molecule has 0 radical (unpaired) electrons. The Bertz CT molecular complexity index is 364. The highest BCUT2D eigenvalue weighted by atomic mass is 19.1. The second kappa shape index (κ2) is 9.03. The van der Waals surface area contributed by atoms with Crippen molar-refractivity contribution in [1.82, 2.24) is 15.2 Å². The lowest BCUT2D eigenvalue weighted by Crippen LogP contribution is -2.34. The first-order valence-corrected chi connectivity index (χ1v) is 7.67. The third-order valence-electron chi connectivity index (χ3n) is 3.59. The van der Waals surface area contributed by atoms with Gasteiger partial charge in [0.2, 0.25) is 0 Å². The molecule has 0 saturated carbocycles. The smallest absolute Gasteiger partial charge is 0.141 e. The lowest BCUT2D eigenvalue weighted by atomic mass is 10.1. The van der Waals surface area contributed by atoms with Gasteiger partial charge in [-0.05, 0) is 51.9 Å². The van der Waals surface area contributed by atoms with E-state index in [-0.39, 0.29) is 11.9 Å². The van der Waals surface area contributed by atoms with E-state index in [0.29, 0.717) is 6.04 Å². The van der Waals surface area contributed by atoms with Crippen LogP contribution in [-0.2, 0) is 0 Å². The summed E-state index contributed by atoms with van der Waals surface area (Å²) in [7, 11) is 0. The van der Waals surface area contributed by atoms with E-state index in [1.165, 1.54) is 12.3 Å². The van der Waals surface area contributed by atoms with Gasteiger partial charge in [-0.3, -0.25) is 4.98 Å². The molecular weight excluding hydrogens is 253 g/mol. The molecule has 1 heterocycles. The first-order valence-electron chi connectivity index (χ1n) is 7.67. The zero-order valence-electron chi connectivity index (χ0n) is 13.2. The molecule has 1 aromatic heterocycles. The van der Waals surface area contributed by atoms with Crippen molar-refractivity contribution in [2.24, 2.45) is 0 Å². The summed E-state index contributed by atoms with van der Waals surface area (Å²) in [6.07, 6.45) is 3.38. The van der Waals surface area contributed by atoms with Crippen LogP contribution in [0.15, 0.2) is 18.3 Å². The molecule has 0 aliphatic carbocycles. The van der Waals surface area contributed by atoms with E-state index in [1.54, 1.807) is 6.07 Å². The van der Waals surface area contributed by atoms with Gasteiger partial charge < -0.3 is 10.2 Å². The Balaban J connectivity index is 2.66. The highest BCUT2D eigenvalue weighted by molar-refractivity contribution is 5.10. The highest BCUT2D eigenvalue weighted by Gasteiger charge is 2.15. The molecule has 1 N–H and O–H groups in total. The van der Waals surface area contributed by atoms with Gasteiger partial charge in [0.15, 0.2) is 0 Å². The molecule has 0 aliphatic rings. The Morgan fingerprint density at radius 1 is 1.30 bits per heavy atom. The third kappa shape index (κ3) is 5.55. The van der Waals surface area contributed by atoms with Gasteiger partial charge in [-0.1, -0.05) is 13.8 Å². The first kappa shape index (κ1) is 17.1. The summed E-state index contributed by atoms with van der Waals surface area (Å²) in [4.78, 5) is 6.66. The molecule has 114 valence electrons. The molecule has 1 rings (SSSR count). The molecule has 1 atom stereocenters. The lowest BCUT2D eigenvalue weighted by Gasteiger charge is -2.27. The van der Waals surface area contributed by atoms with Crippen LogP contribution in [0.3, 0.4) is 0 Å². The van der Waals surface area contributed by atoms with Crippen molar-refractivity contribution in [2.45, 2.75) is 52.6 Å². The van der Waals surface area contributed by atoms with Crippen molar-refractivity contribution in [3.8, 4) is 0 Å². The third-order valence-corrected chi connectivity index (χ3v) is 3.59. The van der Waals surface area contributed by atoms with Gasteiger partial charge in [0, 0.05) is 12.6 Å². The average molecular weight is 281 g/mol. The normalized spacial score (nSPS) is 13.2. The van der Waals surface area contributed by atoms with Crippen LogP contribution in [0.2, 0.25) is 0 Å². The van der Waals surface area contributed by atoms with Crippen molar-refractivity contribution < 1.29 is 4.39 Å². The van der Waals surface area contributed by atoms with Crippen molar-refractivity contribution in [3.05, 3.63) is 29.8 Å². The SMILES string of the molecule is CCCNC(CCN(CC)C(C)C)c1ccc(F)cn1. The van der Waals surface area contributed by atoms with E-state index in [1.807, 2.05) is 0 Å². The maximum absolute atomic E-state index is 13.0. The minimum atomic E-state index is -0.277. The Labute approximate surface area is 122 Å². The van der Waals surface area contributed by atoms with Gasteiger partial charge in [-0.15, -0.1) is 0 Å². The number of hydrogen-bond donors (Lipinski definition) is 1. The summed E-state index contributed by atoms with van der Waals surface area (Å²) in [5.41, 5.74) is 0.930. The maximum Gasteiger partial charge on any atom is 0.141 e. The number of rotatable bonds is 9. The van der Waals surface area contributed by atoms with E-state index < -0.39 is 0 Å². The van der Waals surface area contributed by atoms with E-state index in [4.69, 9.17) is 0 Å². The molecule has 20 heavy (non-hydrogen) atoms. The van der Waals surface area contributed by atoms with E-state index in [0.717, 1.165) is 38.2 Å². The van der Waals surface area contributed by atoms with Crippen LogP contribution < -0.4 is 5.32 Å². The highest BCUT2D eigenvalue weighted by Crippen LogP contribution is 2.16. The molecule has 0 aromatic carbocycles. The Hall–Kier alpha value is -1.00. The van der Waals surface area contributed by atoms with Crippen molar-refractivity contribution in [3.63, 3.8) is 0 Å². The van der Waals surface area contributed by atoms with E-state index >= 15 is 0 Å². The average Bonchev–Trinajstić information content (AvgIpc) is 2.43. The summed E-state index contributed by atoms with van der Waals surface area (Å²) < 4.78 is 13.0. The minimum absolute atomic E-state index is 0.198. The second-order valence-electron chi connectivity index (χ2n) is 5.42. The summed E-state index contributed by atoms with van der Waals surface area (Å²) in [6, 6.07) is 4.02. The molecular formula is C16H28FN3. The molecule has 1 aromatic rings. The number of halogens is 1. The van der Waals surface area contributed by atoms with Gasteiger partial charge in [-0.2, -0.15) is 0 Å². The number of pyridine rings is 1. The van der Waals surface area contributed by atoms with Gasteiger partial charge >= 0.3 is 0 Å². The minimum Gasteiger partial charge on any atom is -0.309 e. The summed E-state index contributed by atoms with van der Waals surface area (Å²) >= 11 is 0. The molecule has 0 aliphatic heterocycles. The van der Waals surface area contributed by atoms with Crippen LogP contribution in [0.25, 0.3) is 0 Å². The van der Waals surface area contributed by atoms with E-state index in [9.17, 15) is 4.39 Å². The van der Waals surface area contributed by atoms with Gasteiger partial charge in [0.1, 0.15) is 5.82 Å². The first-order chi connectivity index (χ1) is 9.58. The fraction of sp³-hybridized carbons (Fsp3) is 0.688. The van der Waals surface area contributed by atoms with Crippen LogP contribution in [0, 0.1) is 5.82 Å². The Morgan fingerprint density at radius 2 is 2.05 bits per heavy atom. The molecule has 1 unspecified atom stereocenters. The second-order valence-corrected chi connectivity index (χ2v) is 5.42. The van der Waals surface area contributed by atoms with Gasteiger partial charge in [0.25, 0.3) is 0 Å². The maximum atomic E-state index is 13.0. The molecule has 0 fully saturated rings. The quantitative estimate of drug-likeness (QED) is 0.752. The summed E-state index contributed by atoms with van der Waals surface area (Å²) in [5.74, 6) is -0.277. The summed E-state index contributed by atoms with van der Waals surface area (Å²) in [5, 5.41) is 3.51. The Morgan fingerprint density at radius 3 is 2.55 bits per heavy atom. The fourth-order valence-electron chi connectivity index (χ4n) is 2.34. The Kier molecular flexibility index (Phi) is 7.70. The molecule has 0 spiro atoms. The zero-order valence-corrected chi connectivity index (χ0v) is 13.2. The van der Waals surface area contributed by atoms with Crippen molar-refractivity contribution in [1.29, 1.82) is 0 Å². The predicted molar refractivity (Wildman–Crippen MR) is 82.2 cm³/mol. The monoisotopic (exact) mass is 281 g/mol. The molecule has 4 heteroatoms. The van der Waals surface area contributed by atoms with Crippen LogP contribution in [0.5, 0.6) is 0 Å². The molecule has 0 bridgehead atoms. The number of nitrogens with zero attached hydrogens (tertiary/aromatic N) is 2. The topological polar surface area (TPSA) is 28.2 Å². The van der Waals surface area contributed by atoms with Crippen LogP contribution in [0.4, 0.5) is 4.39 Å². The number of hydrogen-bond acceptors (Lipinski definition) is 3. The van der Waals surface area contributed by atoms with Crippen LogP contribution >= 0.6 is 0 Å². The molecule has 0 amide bonds. The molecule has 3 nitrogen and oxygen atoms in total. The van der Waals surface area contributed by atoms with Crippen molar-refractivity contribution in [2.75, 3.05) is 19.6 Å². The van der Waals surface area contributed by atoms with E-state index in [2.05, 4.69) is 42.9 Å². The largest absolute Gasteiger partial charge is 0.309 e.